The summed E-state index contributed by atoms with van der Waals surface area (Å²) in [5, 5.41) is 16.9. The maximum absolute atomic E-state index is 10.7. The van der Waals surface area contributed by atoms with Gasteiger partial charge in [-0.1, -0.05) is 24.3 Å². The zero-order valence-electron chi connectivity index (χ0n) is 9.50. The number of nitrogens with zero attached hydrogens (tertiary/aromatic N) is 3. The Labute approximate surface area is 98.7 Å². The number of phenols is 1. The standard InChI is InChI=1S/C12H13N3O2/c1-2-12-11(8-16)13-14-15(12)7-9-3-5-10(17)6-4-9/h3-6,8,17H,2,7H2,1H3. The van der Waals surface area contributed by atoms with Crippen molar-refractivity contribution in [3.8, 4) is 5.75 Å². The van der Waals surface area contributed by atoms with E-state index in [0.29, 0.717) is 18.7 Å². The number of phenolic OH excluding ortho intramolecular Hbond substituents is 1. The zero-order chi connectivity index (χ0) is 12.3. The van der Waals surface area contributed by atoms with E-state index in [1.165, 1.54) is 0 Å². The van der Waals surface area contributed by atoms with E-state index in [1.54, 1.807) is 16.8 Å². The van der Waals surface area contributed by atoms with Crippen LogP contribution in [0.25, 0.3) is 0 Å². The molecular weight excluding hydrogens is 218 g/mol. The van der Waals surface area contributed by atoms with Gasteiger partial charge in [0.25, 0.3) is 0 Å². The molecule has 0 saturated carbocycles. The van der Waals surface area contributed by atoms with E-state index in [4.69, 9.17) is 0 Å². The van der Waals surface area contributed by atoms with Gasteiger partial charge in [0.05, 0.1) is 12.2 Å². The summed E-state index contributed by atoms with van der Waals surface area (Å²) in [7, 11) is 0. The third-order valence-electron chi connectivity index (χ3n) is 2.58. The molecule has 0 atom stereocenters. The Morgan fingerprint density at radius 2 is 2.06 bits per heavy atom. The van der Waals surface area contributed by atoms with Crippen LogP contribution in [0.4, 0.5) is 0 Å². The first kappa shape index (κ1) is 11.3. The van der Waals surface area contributed by atoms with Gasteiger partial charge in [0.1, 0.15) is 11.4 Å². The molecule has 2 aromatic rings. The summed E-state index contributed by atoms with van der Waals surface area (Å²) >= 11 is 0. The fraction of sp³-hybridized carbons (Fsp3) is 0.250. The quantitative estimate of drug-likeness (QED) is 0.808. The number of aldehydes is 1. The number of benzene rings is 1. The summed E-state index contributed by atoms with van der Waals surface area (Å²) < 4.78 is 1.70. The van der Waals surface area contributed by atoms with Gasteiger partial charge in [-0.3, -0.25) is 4.79 Å². The highest BCUT2D eigenvalue weighted by atomic mass is 16.3. The molecule has 0 spiro atoms. The summed E-state index contributed by atoms with van der Waals surface area (Å²) in [4.78, 5) is 10.7. The Bertz CT molecular complexity index is 517. The number of rotatable bonds is 4. The molecule has 0 aliphatic heterocycles. The highest BCUT2D eigenvalue weighted by Gasteiger charge is 2.10. The number of carbonyl (C=O) groups is 1. The molecule has 0 aliphatic rings. The molecule has 0 amide bonds. The normalized spacial score (nSPS) is 10.4. The van der Waals surface area contributed by atoms with E-state index in [9.17, 15) is 9.90 Å². The number of hydrogen-bond acceptors (Lipinski definition) is 4. The van der Waals surface area contributed by atoms with Crippen molar-refractivity contribution in [1.29, 1.82) is 0 Å². The van der Waals surface area contributed by atoms with Crippen molar-refractivity contribution in [2.75, 3.05) is 0 Å². The molecule has 5 heteroatoms. The first-order valence-corrected chi connectivity index (χ1v) is 5.40. The molecule has 1 N–H and O–H groups in total. The van der Waals surface area contributed by atoms with Crippen molar-refractivity contribution in [1.82, 2.24) is 15.0 Å². The van der Waals surface area contributed by atoms with Crippen molar-refractivity contribution in [3.05, 3.63) is 41.2 Å². The molecule has 0 unspecified atom stereocenters. The molecular formula is C12H13N3O2. The van der Waals surface area contributed by atoms with Crippen molar-refractivity contribution >= 4 is 6.29 Å². The molecule has 2 rings (SSSR count). The molecule has 1 aromatic carbocycles. The lowest BCUT2D eigenvalue weighted by molar-refractivity contribution is 0.111. The van der Waals surface area contributed by atoms with Gasteiger partial charge < -0.3 is 5.11 Å². The maximum atomic E-state index is 10.7. The minimum absolute atomic E-state index is 0.233. The van der Waals surface area contributed by atoms with Crippen LogP contribution in [0, 0.1) is 0 Å². The average Bonchev–Trinajstić information content (AvgIpc) is 2.74. The van der Waals surface area contributed by atoms with Crippen LogP contribution in [0.2, 0.25) is 0 Å². The monoisotopic (exact) mass is 231 g/mol. The highest BCUT2D eigenvalue weighted by Crippen LogP contribution is 2.12. The smallest absolute Gasteiger partial charge is 0.172 e. The fourth-order valence-corrected chi connectivity index (χ4v) is 1.70. The van der Waals surface area contributed by atoms with Gasteiger partial charge in [0.2, 0.25) is 0 Å². The molecule has 5 nitrogen and oxygen atoms in total. The Hall–Kier alpha value is -2.17. The lowest BCUT2D eigenvalue weighted by atomic mass is 10.2. The van der Waals surface area contributed by atoms with Gasteiger partial charge in [-0.2, -0.15) is 0 Å². The van der Waals surface area contributed by atoms with Crippen molar-refractivity contribution in [2.24, 2.45) is 0 Å². The van der Waals surface area contributed by atoms with Crippen molar-refractivity contribution in [3.63, 3.8) is 0 Å². The Morgan fingerprint density at radius 1 is 1.35 bits per heavy atom. The maximum Gasteiger partial charge on any atom is 0.172 e. The first-order valence-electron chi connectivity index (χ1n) is 5.40. The van der Waals surface area contributed by atoms with E-state index >= 15 is 0 Å². The summed E-state index contributed by atoms with van der Waals surface area (Å²) in [6.07, 6.45) is 1.43. The second-order valence-electron chi connectivity index (χ2n) is 3.72. The van der Waals surface area contributed by atoms with E-state index in [2.05, 4.69) is 10.3 Å². The zero-order valence-corrected chi connectivity index (χ0v) is 9.50. The molecule has 0 saturated heterocycles. The summed E-state index contributed by atoms with van der Waals surface area (Å²) in [5.41, 5.74) is 2.22. The van der Waals surface area contributed by atoms with E-state index in [1.807, 2.05) is 19.1 Å². The molecule has 0 fully saturated rings. The van der Waals surface area contributed by atoms with E-state index in [-0.39, 0.29) is 5.75 Å². The van der Waals surface area contributed by atoms with Crippen LogP contribution < -0.4 is 0 Å². The Balaban J connectivity index is 2.26. The first-order chi connectivity index (χ1) is 8.24. The van der Waals surface area contributed by atoms with E-state index < -0.39 is 0 Å². The van der Waals surface area contributed by atoms with Crippen LogP contribution in [-0.4, -0.2) is 26.4 Å². The van der Waals surface area contributed by atoms with Crippen LogP contribution in [0.3, 0.4) is 0 Å². The Kier molecular flexibility index (Phi) is 3.18. The molecule has 88 valence electrons. The number of aromatic nitrogens is 3. The summed E-state index contributed by atoms with van der Waals surface area (Å²) in [6.45, 7) is 2.50. The lowest BCUT2D eigenvalue weighted by Gasteiger charge is -2.05. The minimum atomic E-state index is 0.233. The Morgan fingerprint density at radius 3 is 2.65 bits per heavy atom. The van der Waals surface area contributed by atoms with Crippen molar-refractivity contribution in [2.45, 2.75) is 19.9 Å². The molecule has 0 radical (unpaired) electrons. The summed E-state index contributed by atoms with van der Waals surface area (Å²) in [5.74, 6) is 0.233. The largest absolute Gasteiger partial charge is 0.508 e. The topological polar surface area (TPSA) is 68.0 Å². The molecule has 0 bridgehead atoms. The second-order valence-corrected chi connectivity index (χ2v) is 3.72. The predicted octanol–water partition coefficient (Wildman–Crippen LogP) is 1.41. The molecule has 1 heterocycles. The van der Waals surface area contributed by atoms with Crippen LogP contribution >= 0.6 is 0 Å². The molecule has 17 heavy (non-hydrogen) atoms. The van der Waals surface area contributed by atoms with Crippen LogP contribution in [-0.2, 0) is 13.0 Å². The molecule has 0 aliphatic carbocycles. The number of aromatic hydroxyl groups is 1. The highest BCUT2D eigenvalue weighted by molar-refractivity contribution is 5.73. The van der Waals surface area contributed by atoms with Gasteiger partial charge in [0.15, 0.2) is 6.29 Å². The van der Waals surface area contributed by atoms with Gasteiger partial charge >= 0.3 is 0 Å². The van der Waals surface area contributed by atoms with Crippen LogP contribution in [0.1, 0.15) is 28.7 Å². The number of hydrogen-bond donors (Lipinski definition) is 1. The molecule has 1 aromatic heterocycles. The third kappa shape index (κ3) is 2.33. The van der Waals surface area contributed by atoms with Gasteiger partial charge in [-0.15, -0.1) is 5.10 Å². The van der Waals surface area contributed by atoms with Crippen LogP contribution in [0.5, 0.6) is 5.75 Å². The fourth-order valence-electron chi connectivity index (χ4n) is 1.70. The van der Waals surface area contributed by atoms with Gasteiger partial charge in [-0.05, 0) is 24.1 Å². The predicted molar refractivity (Wildman–Crippen MR) is 62.0 cm³/mol. The van der Waals surface area contributed by atoms with Gasteiger partial charge in [0, 0.05) is 0 Å². The third-order valence-corrected chi connectivity index (χ3v) is 2.58. The van der Waals surface area contributed by atoms with E-state index in [0.717, 1.165) is 17.5 Å². The lowest BCUT2D eigenvalue weighted by Crippen LogP contribution is -2.06. The number of carbonyl (C=O) groups excluding carboxylic acids is 1. The second kappa shape index (κ2) is 4.78. The van der Waals surface area contributed by atoms with Crippen LogP contribution in [0.15, 0.2) is 24.3 Å². The summed E-state index contributed by atoms with van der Waals surface area (Å²) in [6, 6.07) is 6.88. The average molecular weight is 231 g/mol. The SMILES string of the molecule is CCc1c(C=O)nnn1Cc1ccc(O)cc1. The van der Waals surface area contributed by atoms with Gasteiger partial charge in [-0.25, -0.2) is 4.68 Å². The minimum Gasteiger partial charge on any atom is -0.508 e. The van der Waals surface area contributed by atoms with Crippen molar-refractivity contribution < 1.29 is 9.90 Å².